The predicted molar refractivity (Wildman–Crippen MR) is 59.2 cm³/mol. The van der Waals surface area contributed by atoms with Gasteiger partial charge in [-0.2, -0.15) is 0 Å². The zero-order valence-electron chi connectivity index (χ0n) is 7.54. The van der Waals surface area contributed by atoms with Gasteiger partial charge in [0.25, 0.3) is 0 Å². The predicted octanol–water partition coefficient (Wildman–Crippen LogP) is 2.65. The number of benzene rings is 1. The molecule has 4 heteroatoms. The summed E-state index contributed by atoms with van der Waals surface area (Å²) in [7, 11) is 3.69. The van der Waals surface area contributed by atoms with Crippen LogP contribution in [-0.4, -0.2) is 24.8 Å². The molecule has 72 valence electrons. The van der Waals surface area contributed by atoms with E-state index in [0.29, 0.717) is 10.9 Å². The third-order valence-electron chi connectivity index (χ3n) is 1.56. The first kappa shape index (κ1) is 12.3. The molecule has 0 aliphatic carbocycles. The van der Waals surface area contributed by atoms with Crippen LogP contribution in [0.4, 0.5) is 0 Å². The fourth-order valence-corrected chi connectivity index (χ4v) is 0.992. The highest BCUT2D eigenvalue weighted by Crippen LogP contribution is 2.10. The van der Waals surface area contributed by atoms with Gasteiger partial charge in [-0.15, -0.1) is 12.4 Å². The number of nitrogens with zero attached hydrogens (tertiary/aromatic N) is 1. The molecule has 0 aliphatic rings. The lowest BCUT2D eigenvalue weighted by atomic mass is 10.2. The summed E-state index contributed by atoms with van der Waals surface area (Å²) in [5.74, 6) is 0.492. The summed E-state index contributed by atoms with van der Waals surface area (Å²) in [6.45, 7) is 0. The van der Waals surface area contributed by atoms with Gasteiger partial charge in [0, 0.05) is 24.7 Å². The Morgan fingerprint density at radius 1 is 1.23 bits per heavy atom. The monoisotopic (exact) mass is 218 g/mol. The van der Waals surface area contributed by atoms with Crippen LogP contribution in [0.3, 0.4) is 0 Å². The van der Waals surface area contributed by atoms with Gasteiger partial charge in [-0.1, -0.05) is 11.6 Å². The van der Waals surface area contributed by atoms with E-state index in [1.54, 1.807) is 17.0 Å². The molecule has 0 amide bonds. The maximum absolute atomic E-state index is 7.64. The van der Waals surface area contributed by atoms with Gasteiger partial charge in [0.05, 0.1) is 0 Å². The minimum absolute atomic E-state index is 0. The molecule has 0 spiro atoms. The van der Waals surface area contributed by atoms with Crippen molar-refractivity contribution in [3.8, 4) is 0 Å². The third kappa shape index (κ3) is 3.25. The lowest BCUT2D eigenvalue weighted by Gasteiger charge is -2.13. The van der Waals surface area contributed by atoms with Crippen LogP contribution >= 0.6 is 24.0 Å². The van der Waals surface area contributed by atoms with Gasteiger partial charge in [-0.3, -0.25) is 5.41 Å². The molecule has 0 aliphatic heterocycles. The van der Waals surface area contributed by atoms with Gasteiger partial charge in [-0.25, -0.2) is 0 Å². The van der Waals surface area contributed by atoms with Crippen molar-refractivity contribution in [2.75, 3.05) is 14.1 Å². The topological polar surface area (TPSA) is 27.1 Å². The van der Waals surface area contributed by atoms with Gasteiger partial charge in [0.15, 0.2) is 0 Å². The first-order valence-electron chi connectivity index (χ1n) is 3.63. The van der Waals surface area contributed by atoms with Gasteiger partial charge >= 0.3 is 0 Å². The van der Waals surface area contributed by atoms with Gasteiger partial charge in [0.1, 0.15) is 5.84 Å². The van der Waals surface area contributed by atoms with E-state index in [2.05, 4.69) is 0 Å². The van der Waals surface area contributed by atoms with E-state index < -0.39 is 0 Å². The Hall–Kier alpha value is -0.730. The minimum Gasteiger partial charge on any atom is -0.363 e. The van der Waals surface area contributed by atoms with Crippen LogP contribution in [0.1, 0.15) is 5.56 Å². The SMILES string of the molecule is CN(C)C(=N)c1ccc(Cl)cc1.Cl. The van der Waals surface area contributed by atoms with E-state index in [-0.39, 0.29) is 12.4 Å². The van der Waals surface area contributed by atoms with E-state index in [9.17, 15) is 0 Å². The smallest absolute Gasteiger partial charge is 0.127 e. The summed E-state index contributed by atoms with van der Waals surface area (Å²) in [6, 6.07) is 7.25. The molecule has 0 radical (unpaired) electrons. The summed E-state index contributed by atoms with van der Waals surface area (Å²) in [5.41, 5.74) is 0.879. The van der Waals surface area contributed by atoms with Gasteiger partial charge in [-0.05, 0) is 24.3 Å². The van der Waals surface area contributed by atoms with Crippen molar-refractivity contribution >= 4 is 29.8 Å². The fraction of sp³-hybridized carbons (Fsp3) is 0.222. The summed E-state index contributed by atoms with van der Waals surface area (Å²) >= 11 is 5.71. The highest BCUT2D eigenvalue weighted by molar-refractivity contribution is 6.30. The van der Waals surface area contributed by atoms with Crippen molar-refractivity contribution in [2.45, 2.75) is 0 Å². The number of hydrogen-bond acceptors (Lipinski definition) is 1. The zero-order chi connectivity index (χ0) is 9.14. The second-order valence-electron chi connectivity index (χ2n) is 2.75. The van der Waals surface area contributed by atoms with Crippen molar-refractivity contribution in [3.05, 3.63) is 34.9 Å². The largest absolute Gasteiger partial charge is 0.363 e. The third-order valence-corrected chi connectivity index (χ3v) is 1.82. The highest BCUT2D eigenvalue weighted by atomic mass is 35.5. The average Bonchev–Trinajstić information content (AvgIpc) is 2.04. The molecule has 0 aromatic heterocycles. The van der Waals surface area contributed by atoms with Crippen LogP contribution in [0.2, 0.25) is 5.02 Å². The first-order chi connectivity index (χ1) is 5.61. The quantitative estimate of drug-likeness (QED) is 0.570. The van der Waals surface area contributed by atoms with Gasteiger partial charge in [0.2, 0.25) is 0 Å². The van der Waals surface area contributed by atoms with E-state index in [4.69, 9.17) is 17.0 Å². The van der Waals surface area contributed by atoms with Crippen LogP contribution in [0, 0.1) is 5.41 Å². The molecule has 0 heterocycles. The Morgan fingerprint density at radius 3 is 2.08 bits per heavy atom. The Bertz CT molecular complexity index is 280. The van der Waals surface area contributed by atoms with Crippen LogP contribution in [-0.2, 0) is 0 Å². The molecule has 2 nitrogen and oxygen atoms in total. The molecule has 13 heavy (non-hydrogen) atoms. The summed E-state index contributed by atoms with van der Waals surface area (Å²) in [4.78, 5) is 1.75. The second-order valence-corrected chi connectivity index (χ2v) is 3.19. The fourth-order valence-electron chi connectivity index (χ4n) is 0.866. The molecular formula is C9H12Cl2N2. The summed E-state index contributed by atoms with van der Waals surface area (Å²) in [6.07, 6.45) is 0. The van der Waals surface area contributed by atoms with E-state index >= 15 is 0 Å². The average molecular weight is 219 g/mol. The standard InChI is InChI=1S/C9H11ClN2.ClH/c1-12(2)9(11)7-3-5-8(10)6-4-7;/h3-6,11H,1-2H3;1H. The Morgan fingerprint density at radius 2 is 1.69 bits per heavy atom. The minimum atomic E-state index is 0. The Balaban J connectivity index is 0.00000144. The van der Waals surface area contributed by atoms with E-state index in [1.807, 2.05) is 26.2 Å². The Labute approximate surface area is 89.4 Å². The summed E-state index contributed by atoms with van der Waals surface area (Å²) < 4.78 is 0. The molecule has 1 aromatic rings. The van der Waals surface area contributed by atoms with Crippen LogP contribution < -0.4 is 0 Å². The molecule has 0 unspecified atom stereocenters. The molecule has 1 rings (SSSR count). The zero-order valence-corrected chi connectivity index (χ0v) is 9.12. The maximum atomic E-state index is 7.64. The van der Waals surface area contributed by atoms with Crippen molar-refractivity contribution in [1.82, 2.24) is 4.90 Å². The van der Waals surface area contributed by atoms with Crippen molar-refractivity contribution in [3.63, 3.8) is 0 Å². The summed E-state index contributed by atoms with van der Waals surface area (Å²) in [5, 5.41) is 8.34. The van der Waals surface area contributed by atoms with Crippen LogP contribution in [0.25, 0.3) is 0 Å². The number of amidine groups is 1. The van der Waals surface area contributed by atoms with Crippen LogP contribution in [0.15, 0.2) is 24.3 Å². The molecule has 0 saturated carbocycles. The molecule has 1 aromatic carbocycles. The van der Waals surface area contributed by atoms with E-state index in [1.165, 1.54) is 0 Å². The molecule has 1 N–H and O–H groups in total. The number of halogens is 2. The molecular weight excluding hydrogens is 207 g/mol. The van der Waals surface area contributed by atoms with Crippen molar-refractivity contribution in [2.24, 2.45) is 0 Å². The number of rotatable bonds is 1. The first-order valence-corrected chi connectivity index (χ1v) is 4.01. The maximum Gasteiger partial charge on any atom is 0.127 e. The molecule has 0 atom stereocenters. The lowest BCUT2D eigenvalue weighted by molar-refractivity contribution is 0.619. The molecule has 0 bridgehead atoms. The lowest BCUT2D eigenvalue weighted by Crippen LogP contribution is -2.21. The highest BCUT2D eigenvalue weighted by Gasteiger charge is 2.01. The van der Waals surface area contributed by atoms with Crippen LogP contribution in [0.5, 0.6) is 0 Å². The van der Waals surface area contributed by atoms with Crippen molar-refractivity contribution < 1.29 is 0 Å². The van der Waals surface area contributed by atoms with E-state index in [0.717, 1.165) is 5.56 Å². The number of nitrogens with one attached hydrogen (secondary N) is 1. The molecule has 0 fully saturated rings. The molecule has 0 saturated heterocycles. The number of hydrogen-bond donors (Lipinski definition) is 1. The van der Waals surface area contributed by atoms with Gasteiger partial charge < -0.3 is 4.90 Å². The second kappa shape index (κ2) is 5.10. The Kier molecular flexibility index (Phi) is 4.81. The van der Waals surface area contributed by atoms with Crippen molar-refractivity contribution in [1.29, 1.82) is 5.41 Å². The normalized spacial score (nSPS) is 8.85.